The van der Waals surface area contributed by atoms with Crippen molar-refractivity contribution in [3.05, 3.63) is 34.9 Å². The number of hydrogen-bond donors (Lipinski definition) is 2. The second-order valence-electron chi connectivity index (χ2n) is 5.27. The number of hydrogen-bond acceptors (Lipinski definition) is 3. The number of halogens is 1. The number of urea groups is 1. The van der Waals surface area contributed by atoms with Crippen molar-refractivity contribution in [3.63, 3.8) is 0 Å². The van der Waals surface area contributed by atoms with Crippen LogP contribution < -0.4 is 10.6 Å². The summed E-state index contributed by atoms with van der Waals surface area (Å²) in [5.41, 5.74) is 1.01. The highest BCUT2D eigenvalue weighted by Crippen LogP contribution is 2.29. The molecule has 1 heterocycles. The van der Waals surface area contributed by atoms with Gasteiger partial charge in [0.05, 0.1) is 6.04 Å². The number of ether oxygens (including phenoxy) is 1. The third-order valence-corrected chi connectivity index (χ3v) is 4.62. The van der Waals surface area contributed by atoms with E-state index in [1.165, 1.54) is 0 Å². The minimum Gasteiger partial charge on any atom is -0.371 e. The highest BCUT2D eigenvalue weighted by Gasteiger charge is 2.30. The van der Waals surface area contributed by atoms with Gasteiger partial charge in [-0.05, 0) is 30.5 Å². The van der Waals surface area contributed by atoms with Crippen LogP contribution in [0.15, 0.2) is 24.3 Å². The van der Waals surface area contributed by atoms with Crippen LogP contribution >= 0.6 is 11.6 Å². The van der Waals surface area contributed by atoms with E-state index in [4.69, 9.17) is 16.3 Å². The van der Waals surface area contributed by atoms with E-state index in [-0.39, 0.29) is 18.2 Å². The van der Waals surface area contributed by atoms with Gasteiger partial charge in [-0.15, -0.1) is 0 Å². The fourth-order valence-electron chi connectivity index (χ4n) is 2.42. The molecule has 0 bridgehead atoms. The van der Waals surface area contributed by atoms with E-state index in [1.807, 2.05) is 24.3 Å². The Bertz CT molecular complexity index is 524. The van der Waals surface area contributed by atoms with Crippen molar-refractivity contribution < 1.29 is 13.7 Å². The van der Waals surface area contributed by atoms with Gasteiger partial charge in [-0.2, -0.15) is 0 Å². The molecule has 5 nitrogen and oxygen atoms in total. The molecule has 0 unspecified atom stereocenters. The molecule has 2 N–H and O–H groups in total. The largest absolute Gasteiger partial charge is 0.371 e. The summed E-state index contributed by atoms with van der Waals surface area (Å²) >= 11 is 5.89. The number of carbonyl (C=O) groups is 1. The maximum absolute atomic E-state index is 11.9. The van der Waals surface area contributed by atoms with Gasteiger partial charge in [0.2, 0.25) is 0 Å². The van der Waals surface area contributed by atoms with E-state index in [2.05, 4.69) is 10.6 Å². The van der Waals surface area contributed by atoms with Crippen LogP contribution in [0.1, 0.15) is 24.5 Å². The predicted octanol–water partition coefficient (Wildman–Crippen LogP) is 2.24. The zero-order chi connectivity index (χ0) is 15.9. The maximum atomic E-state index is 11.9. The molecular formula is C15H21ClN2O3S. The van der Waals surface area contributed by atoms with E-state index in [9.17, 15) is 9.00 Å². The van der Waals surface area contributed by atoms with Gasteiger partial charge < -0.3 is 15.4 Å². The first kappa shape index (κ1) is 17.2. The third-order valence-electron chi connectivity index (χ3n) is 3.50. The summed E-state index contributed by atoms with van der Waals surface area (Å²) in [6.07, 6.45) is 3.00. The Hall–Kier alpha value is -1.11. The lowest BCUT2D eigenvalue weighted by Crippen LogP contribution is -2.43. The highest BCUT2D eigenvalue weighted by atomic mass is 35.5. The summed E-state index contributed by atoms with van der Waals surface area (Å²) in [5, 5.41) is 6.41. The molecule has 1 aliphatic heterocycles. The predicted molar refractivity (Wildman–Crippen MR) is 88.6 cm³/mol. The molecule has 3 atom stereocenters. The first-order valence-corrected chi connectivity index (χ1v) is 9.38. The molecule has 1 saturated heterocycles. The van der Waals surface area contributed by atoms with Gasteiger partial charge in [0.15, 0.2) is 0 Å². The molecule has 2 amide bonds. The van der Waals surface area contributed by atoms with Crippen molar-refractivity contribution in [3.8, 4) is 0 Å². The number of carbonyl (C=O) groups excluding carboxylic acids is 1. The van der Waals surface area contributed by atoms with Crippen molar-refractivity contribution in [1.82, 2.24) is 10.6 Å². The number of benzene rings is 1. The molecule has 0 saturated carbocycles. The fraction of sp³-hybridized carbons (Fsp3) is 0.533. The standard InChI is InChI=1S/C15H21ClN2O3S/c1-22(20)10-2-8-17-15(19)18-13-7-9-21-14(13)11-3-5-12(16)6-4-11/h3-6,13-14H,2,7-10H2,1H3,(H2,17,18,19)/t13-,14-,22-/m1/s1. The Balaban J connectivity index is 1.82. The summed E-state index contributed by atoms with van der Waals surface area (Å²) in [7, 11) is -0.819. The smallest absolute Gasteiger partial charge is 0.315 e. The van der Waals surface area contributed by atoms with Crippen molar-refractivity contribution in [1.29, 1.82) is 0 Å². The fourth-order valence-corrected chi connectivity index (χ4v) is 3.09. The molecule has 1 fully saturated rings. The van der Waals surface area contributed by atoms with E-state index < -0.39 is 10.8 Å². The van der Waals surface area contributed by atoms with Crippen LogP contribution in [0.5, 0.6) is 0 Å². The number of amides is 2. The first-order valence-electron chi connectivity index (χ1n) is 7.27. The quantitative estimate of drug-likeness (QED) is 0.778. The van der Waals surface area contributed by atoms with Crippen LogP contribution in [-0.2, 0) is 15.5 Å². The van der Waals surface area contributed by atoms with Crippen molar-refractivity contribution in [2.45, 2.75) is 25.0 Å². The summed E-state index contributed by atoms with van der Waals surface area (Å²) in [6.45, 7) is 1.14. The molecule has 2 rings (SSSR count). The molecule has 122 valence electrons. The van der Waals surface area contributed by atoms with Gasteiger partial charge in [-0.25, -0.2) is 4.79 Å². The molecule has 0 aliphatic carbocycles. The third kappa shape index (κ3) is 5.26. The van der Waals surface area contributed by atoms with Gasteiger partial charge in [0.1, 0.15) is 6.10 Å². The minimum absolute atomic E-state index is 0.0542. The Morgan fingerprint density at radius 3 is 2.82 bits per heavy atom. The number of rotatable bonds is 6. The molecule has 22 heavy (non-hydrogen) atoms. The van der Waals surface area contributed by atoms with Crippen molar-refractivity contribution in [2.24, 2.45) is 0 Å². The molecule has 7 heteroatoms. The Morgan fingerprint density at radius 1 is 1.41 bits per heavy atom. The van der Waals surface area contributed by atoms with E-state index in [1.54, 1.807) is 6.26 Å². The summed E-state index contributed by atoms with van der Waals surface area (Å²) in [6, 6.07) is 7.21. The normalized spacial score (nSPS) is 22.3. The average molecular weight is 345 g/mol. The monoisotopic (exact) mass is 344 g/mol. The molecule has 1 aliphatic rings. The molecule has 0 spiro atoms. The van der Waals surface area contributed by atoms with Crippen LogP contribution in [-0.4, -0.2) is 41.4 Å². The van der Waals surface area contributed by atoms with Crippen LogP contribution in [0.25, 0.3) is 0 Å². The van der Waals surface area contributed by atoms with Crippen molar-refractivity contribution >= 4 is 28.4 Å². The van der Waals surface area contributed by atoms with Gasteiger partial charge in [0.25, 0.3) is 0 Å². The molecule has 1 aromatic rings. The minimum atomic E-state index is -0.819. The second kappa shape index (κ2) is 8.50. The van der Waals surface area contributed by atoms with Gasteiger partial charge in [-0.1, -0.05) is 23.7 Å². The van der Waals surface area contributed by atoms with Gasteiger partial charge in [-0.3, -0.25) is 4.21 Å². The lowest BCUT2D eigenvalue weighted by molar-refractivity contribution is 0.0999. The van der Waals surface area contributed by atoms with E-state index in [0.29, 0.717) is 30.3 Å². The Labute approximate surface area is 138 Å². The zero-order valence-corrected chi connectivity index (χ0v) is 14.1. The summed E-state index contributed by atoms with van der Waals surface area (Å²) < 4.78 is 16.7. The van der Waals surface area contributed by atoms with Crippen LogP contribution in [0.4, 0.5) is 4.79 Å². The topological polar surface area (TPSA) is 67.4 Å². The summed E-state index contributed by atoms with van der Waals surface area (Å²) in [4.78, 5) is 11.9. The molecule has 0 aromatic heterocycles. The molecule has 0 radical (unpaired) electrons. The van der Waals surface area contributed by atoms with Crippen LogP contribution in [0.2, 0.25) is 5.02 Å². The molecular weight excluding hydrogens is 324 g/mol. The lowest BCUT2D eigenvalue weighted by Gasteiger charge is -2.20. The SMILES string of the molecule is C[S@@](=O)CCCNC(=O)N[C@@H]1CCO[C@@H]1c1ccc(Cl)cc1. The van der Waals surface area contributed by atoms with E-state index in [0.717, 1.165) is 12.0 Å². The Kier molecular flexibility index (Phi) is 6.67. The van der Waals surface area contributed by atoms with E-state index >= 15 is 0 Å². The Morgan fingerprint density at radius 2 is 2.14 bits per heavy atom. The second-order valence-corrected chi connectivity index (χ2v) is 7.26. The van der Waals surface area contributed by atoms with Crippen LogP contribution in [0.3, 0.4) is 0 Å². The number of nitrogens with one attached hydrogen (secondary N) is 2. The summed E-state index contributed by atoms with van der Waals surface area (Å²) in [5.74, 6) is 0.597. The molecule has 1 aromatic carbocycles. The average Bonchev–Trinajstić information content (AvgIpc) is 2.92. The highest BCUT2D eigenvalue weighted by molar-refractivity contribution is 7.84. The lowest BCUT2D eigenvalue weighted by atomic mass is 10.0. The zero-order valence-electron chi connectivity index (χ0n) is 12.5. The van der Waals surface area contributed by atoms with Crippen molar-refractivity contribution in [2.75, 3.05) is 25.2 Å². The van der Waals surface area contributed by atoms with Gasteiger partial charge in [0, 0.05) is 41.0 Å². The maximum Gasteiger partial charge on any atom is 0.315 e. The first-order chi connectivity index (χ1) is 10.6. The van der Waals surface area contributed by atoms with Crippen LogP contribution in [0, 0.1) is 0 Å². The van der Waals surface area contributed by atoms with Gasteiger partial charge >= 0.3 is 6.03 Å².